The topological polar surface area (TPSA) is 84.5 Å². The normalized spacial score (nSPS) is 11.4. The summed E-state index contributed by atoms with van der Waals surface area (Å²) in [4.78, 5) is 12.4. The highest BCUT2D eigenvalue weighted by molar-refractivity contribution is 7.89. The lowest BCUT2D eigenvalue weighted by molar-refractivity contribution is 0.0950. The van der Waals surface area contributed by atoms with Crippen molar-refractivity contribution in [1.82, 2.24) is 10.0 Å². The molecule has 27 heavy (non-hydrogen) atoms. The van der Waals surface area contributed by atoms with Crippen LogP contribution < -0.4 is 14.8 Å². The van der Waals surface area contributed by atoms with Crippen LogP contribution in [0.4, 0.5) is 0 Å². The number of hydrogen-bond donors (Lipinski definition) is 2. The molecule has 0 aliphatic heterocycles. The number of sulfonamides is 1. The van der Waals surface area contributed by atoms with Gasteiger partial charge in [-0.25, -0.2) is 13.1 Å². The van der Waals surface area contributed by atoms with E-state index in [4.69, 9.17) is 16.3 Å². The third kappa shape index (κ3) is 5.69. The molecule has 8 heteroatoms. The molecule has 2 aromatic rings. The van der Waals surface area contributed by atoms with Gasteiger partial charge in [0.2, 0.25) is 10.0 Å². The summed E-state index contributed by atoms with van der Waals surface area (Å²) in [5.74, 6) is -0.202. The van der Waals surface area contributed by atoms with Gasteiger partial charge < -0.3 is 10.1 Å². The van der Waals surface area contributed by atoms with E-state index < -0.39 is 15.9 Å². The third-order valence-electron chi connectivity index (χ3n) is 3.58. The van der Waals surface area contributed by atoms with Crippen LogP contribution in [0.15, 0.2) is 47.4 Å². The van der Waals surface area contributed by atoms with Gasteiger partial charge in [-0.15, -0.1) is 0 Å². The molecule has 6 nitrogen and oxygen atoms in total. The number of ether oxygens (including phenoxy) is 1. The largest absolute Gasteiger partial charge is 0.492 e. The maximum atomic E-state index is 12.6. The van der Waals surface area contributed by atoms with Gasteiger partial charge >= 0.3 is 0 Å². The highest BCUT2D eigenvalue weighted by Gasteiger charge is 2.22. The second-order valence-corrected chi connectivity index (χ2v) is 8.23. The predicted octanol–water partition coefficient (Wildman–Crippen LogP) is 3.36. The van der Waals surface area contributed by atoms with Gasteiger partial charge in [-0.3, -0.25) is 4.79 Å². The number of rotatable bonds is 8. The van der Waals surface area contributed by atoms with E-state index in [2.05, 4.69) is 10.0 Å². The van der Waals surface area contributed by atoms with Crippen LogP contribution in [0.3, 0.4) is 0 Å². The van der Waals surface area contributed by atoms with E-state index in [1.165, 1.54) is 18.2 Å². The minimum Gasteiger partial charge on any atom is -0.492 e. The number of carbonyl (C=O) groups excluding carboxylic acids is 1. The summed E-state index contributed by atoms with van der Waals surface area (Å²) in [7, 11) is -3.82. The lowest BCUT2D eigenvalue weighted by atomic mass is 10.2. The molecule has 0 aromatic heterocycles. The van der Waals surface area contributed by atoms with Gasteiger partial charge in [0.05, 0.1) is 6.61 Å². The van der Waals surface area contributed by atoms with Gasteiger partial charge in [0.25, 0.3) is 5.91 Å². The van der Waals surface area contributed by atoms with Crippen LogP contribution in [0.25, 0.3) is 0 Å². The minimum absolute atomic E-state index is 0.0663. The van der Waals surface area contributed by atoms with Crippen LogP contribution in [0.1, 0.15) is 36.7 Å². The maximum absolute atomic E-state index is 12.6. The molecule has 0 aliphatic carbocycles. The van der Waals surface area contributed by atoms with Gasteiger partial charge in [0.1, 0.15) is 10.6 Å². The van der Waals surface area contributed by atoms with Crippen LogP contribution in [0, 0.1) is 0 Å². The number of hydrogen-bond acceptors (Lipinski definition) is 4. The first kappa shape index (κ1) is 21.2. The Morgan fingerprint density at radius 3 is 2.52 bits per heavy atom. The smallest absolute Gasteiger partial charge is 0.251 e. The first-order valence-corrected chi connectivity index (χ1v) is 10.4. The van der Waals surface area contributed by atoms with E-state index in [1.807, 2.05) is 12.1 Å². The van der Waals surface area contributed by atoms with Gasteiger partial charge in [-0.1, -0.05) is 29.8 Å². The summed E-state index contributed by atoms with van der Waals surface area (Å²) in [6, 6.07) is 11.2. The van der Waals surface area contributed by atoms with Crippen LogP contribution in [0.2, 0.25) is 5.02 Å². The number of carbonyl (C=O) groups is 1. The van der Waals surface area contributed by atoms with Gasteiger partial charge in [-0.2, -0.15) is 0 Å². The van der Waals surface area contributed by atoms with Gasteiger partial charge in [0, 0.05) is 23.2 Å². The molecular weight excluding hydrogens is 388 g/mol. The molecule has 2 rings (SSSR count). The van der Waals surface area contributed by atoms with Crippen molar-refractivity contribution in [3.63, 3.8) is 0 Å². The molecule has 2 aromatic carbocycles. The summed E-state index contributed by atoms with van der Waals surface area (Å²) in [6.45, 7) is 5.74. The molecule has 0 unspecified atom stereocenters. The van der Waals surface area contributed by atoms with Crippen molar-refractivity contribution in [2.24, 2.45) is 0 Å². The summed E-state index contributed by atoms with van der Waals surface area (Å²) in [6.07, 6.45) is 0. The van der Waals surface area contributed by atoms with E-state index >= 15 is 0 Å². The Labute approximate surface area is 164 Å². The molecule has 0 atom stereocenters. The van der Waals surface area contributed by atoms with Crippen molar-refractivity contribution in [3.8, 4) is 5.75 Å². The van der Waals surface area contributed by atoms with Crippen LogP contribution in [-0.2, 0) is 16.6 Å². The number of benzene rings is 2. The highest BCUT2D eigenvalue weighted by atomic mass is 35.5. The van der Waals surface area contributed by atoms with Crippen molar-refractivity contribution in [3.05, 3.63) is 58.6 Å². The quantitative estimate of drug-likeness (QED) is 0.698. The lowest BCUT2D eigenvalue weighted by Gasteiger charge is -2.15. The Morgan fingerprint density at radius 1 is 1.19 bits per heavy atom. The molecule has 2 N–H and O–H groups in total. The molecule has 146 valence electrons. The standard InChI is InChI=1S/C19H23ClN2O4S/c1-4-26-17-10-9-14(11-18(17)27(24,25)22-13(2)3)19(23)21-12-15-7-5-6-8-16(15)20/h5-11,13,22H,4,12H2,1-3H3,(H,21,23). The molecule has 0 radical (unpaired) electrons. The first-order chi connectivity index (χ1) is 12.7. The molecule has 0 saturated heterocycles. The molecule has 0 fully saturated rings. The predicted molar refractivity (Wildman–Crippen MR) is 106 cm³/mol. The monoisotopic (exact) mass is 410 g/mol. The Hall–Kier alpha value is -2.09. The van der Waals surface area contributed by atoms with Gasteiger partial charge in [-0.05, 0) is 50.6 Å². The first-order valence-electron chi connectivity index (χ1n) is 8.55. The fraction of sp³-hybridized carbons (Fsp3) is 0.316. The molecule has 0 aliphatic rings. The zero-order valence-corrected chi connectivity index (χ0v) is 17.0. The maximum Gasteiger partial charge on any atom is 0.251 e. The van der Waals surface area contributed by atoms with E-state index in [-0.39, 0.29) is 28.8 Å². The fourth-order valence-electron chi connectivity index (χ4n) is 2.43. The van der Waals surface area contributed by atoms with Gasteiger partial charge in [0.15, 0.2) is 0 Å². The van der Waals surface area contributed by atoms with Crippen molar-refractivity contribution < 1.29 is 17.9 Å². The second-order valence-electron chi connectivity index (χ2n) is 6.14. The SMILES string of the molecule is CCOc1ccc(C(=O)NCc2ccccc2Cl)cc1S(=O)(=O)NC(C)C. The minimum atomic E-state index is -3.82. The zero-order valence-electron chi connectivity index (χ0n) is 15.5. The van der Waals surface area contributed by atoms with E-state index in [9.17, 15) is 13.2 Å². The summed E-state index contributed by atoms with van der Waals surface area (Å²) in [5, 5.41) is 3.30. The lowest BCUT2D eigenvalue weighted by Crippen LogP contribution is -2.31. The third-order valence-corrected chi connectivity index (χ3v) is 5.63. The van der Waals surface area contributed by atoms with Crippen LogP contribution >= 0.6 is 11.6 Å². The molecule has 0 saturated carbocycles. The Balaban J connectivity index is 2.28. The zero-order chi connectivity index (χ0) is 20.0. The van der Waals surface area contributed by atoms with E-state index in [0.29, 0.717) is 11.6 Å². The second kappa shape index (κ2) is 9.21. The molecule has 1 amide bonds. The van der Waals surface area contributed by atoms with Crippen LogP contribution in [-0.4, -0.2) is 27.0 Å². The van der Waals surface area contributed by atoms with Crippen molar-refractivity contribution in [1.29, 1.82) is 0 Å². The van der Waals surface area contributed by atoms with Crippen LogP contribution in [0.5, 0.6) is 5.75 Å². The summed E-state index contributed by atoms with van der Waals surface area (Å²) >= 11 is 6.09. The van der Waals surface area contributed by atoms with Crippen molar-refractivity contribution in [2.45, 2.75) is 38.3 Å². The summed E-state index contributed by atoms with van der Waals surface area (Å²) < 4.78 is 33.1. The average molecular weight is 411 g/mol. The number of halogens is 1. The van der Waals surface area contributed by atoms with Crippen molar-refractivity contribution >= 4 is 27.5 Å². The highest BCUT2D eigenvalue weighted by Crippen LogP contribution is 2.26. The molecule has 0 spiro atoms. The fourth-order valence-corrected chi connectivity index (χ4v) is 4.05. The number of amides is 1. The van der Waals surface area contributed by atoms with Crippen molar-refractivity contribution in [2.75, 3.05) is 6.61 Å². The number of nitrogens with one attached hydrogen (secondary N) is 2. The average Bonchev–Trinajstić information content (AvgIpc) is 2.60. The Kier molecular flexibility index (Phi) is 7.24. The Morgan fingerprint density at radius 2 is 1.89 bits per heavy atom. The Bertz CT molecular complexity index is 914. The molecule has 0 bridgehead atoms. The molecular formula is C19H23ClN2O4S. The summed E-state index contributed by atoms with van der Waals surface area (Å²) in [5.41, 5.74) is 0.988. The molecule has 0 heterocycles. The van der Waals surface area contributed by atoms with E-state index in [1.54, 1.807) is 32.9 Å². The van der Waals surface area contributed by atoms with E-state index in [0.717, 1.165) is 5.56 Å².